The molecule has 0 aliphatic heterocycles. The van der Waals surface area contributed by atoms with Crippen LogP contribution in [-0.2, 0) is 11.2 Å². The van der Waals surface area contributed by atoms with Crippen LogP contribution < -0.4 is 15.4 Å². The highest BCUT2D eigenvalue weighted by Gasteiger charge is 2.08. The molecule has 0 aromatic heterocycles. The van der Waals surface area contributed by atoms with Crippen molar-refractivity contribution in [2.75, 3.05) is 20.2 Å². The van der Waals surface area contributed by atoms with Gasteiger partial charge in [0.15, 0.2) is 0 Å². The first-order valence-electron chi connectivity index (χ1n) is 7.52. The summed E-state index contributed by atoms with van der Waals surface area (Å²) in [5.41, 5.74) is 1.45. The summed E-state index contributed by atoms with van der Waals surface area (Å²) >= 11 is 6.14. The second-order valence-corrected chi connectivity index (χ2v) is 5.51. The SMILES string of the molecule is COc1ccc(CCNC(=O)CNC(=O)c2ccccc2)c(Cl)c1. The highest BCUT2D eigenvalue weighted by Crippen LogP contribution is 2.22. The monoisotopic (exact) mass is 346 g/mol. The molecule has 0 saturated heterocycles. The summed E-state index contributed by atoms with van der Waals surface area (Å²) in [7, 11) is 1.58. The van der Waals surface area contributed by atoms with E-state index in [1.54, 1.807) is 37.4 Å². The molecular formula is C18H19ClN2O3. The lowest BCUT2D eigenvalue weighted by atomic mass is 10.1. The Bertz CT molecular complexity index is 705. The van der Waals surface area contributed by atoms with Crippen LogP contribution in [0.5, 0.6) is 5.75 Å². The summed E-state index contributed by atoms with van der Waals surface area (Å²) in [6, 6.07) is 14.2. The third-order valence-electron chi connectivity index (χ3n) is 3.42. The Hall–Kier alpha value is -2.53. The number of halogens is 1. The molecule has 2 aromatic rings. The lowest BCUT2D eigenvalue weighted by molar-refractivity contribution is -0.120. The van der Waals surface area contributed by atoms with Gasteiger partial charge in [0, 0.05) is 17.1 Å². The fourth-order valence-electron chi connectivity index (χ4n) is 2.11. The molecule has 24 heavy (non-hydrogen) atoms. The van der Waals surface area contributed by atoms with Gasteiger partial charge >= 0.3 is 0 Å². The number of methoxy groups -OCH3 is 1. The molecule has 0 fully saturated rings. The van der Waals surface area contributed by atoms with E-state index in [2.05, 4.69) is 10.6 Å². The van der Waals surface area contributed by atoms with Crippen LogP contribution in [0.2, 0.25) is 5.02 Å². The molecule has 0 aliphatic carbocycles. The van der Waals surface area contributed by atoms with E-state index in [4.69, 9.17) is 16.3 Å². The van der Waals surface area contributed by atoms with Crippen molar-refractivity contribution in [3.05, 3.63) is 64.7 Å². The predicted octanol–water partition coefficient (Wildman–Crippen LogP) is 2.44. The zero-order valence-corrected chi connectivity index (χ0v) is 14.1. The van der Waals surface area contributed by atoms with Gasteiger partial charge in [-0.3, -0.25) is 9.59 Å². The smallest absolute Gasteiger partial charge is 0.251 e. The van der Waals surface area contributed by atoms with Crippen molar-refractivity contribution in [3.8, 4) is 5.75 Å². The van der Waals surface area contributed by atoms with E-state index in [1.807, 2.05) is 18.2 Å². The molecule has 0 spiro atoms. The summed E-state index contributed by atoms with van der Waals surface area (Å²) < 4.78 is 5.09. The quantitative estimate of drug-likeness (QED) is 0.809. The first kappa shape index (κ1) is 17.8. The maximum atomic E-state index is 11.8. The van der Waals surface area contributed by atoms with E-state index in [0.717, 1.165) is 5.56 Å². The maximum Gasteiger partial charge on any atom is 0.251 e. The number of hydrogen-bond acceptors (Lipinski definition) is 3. The van der Waals surface area contributed by atoms with E-state index < -0.39 is 0 Å². The van der Waals surface area contributed by atoms with E-state index in [0.29, 0.717) is 29.3 Å². The fourth-order valence-corrected chi connectivity index (χ4v) is 2.37. The van der Waals surface area contributed by atoms with E-state index in [1.165, 1.54) is 0 Å². The molecule has 2 amide bonds. The normalized spacial score (nSPS) is 10.1. The van der Waals surface area contributed by atoms with Crippen molar-refractivity contribution in [1.82, 2.24) is 10.6 Å². The van der Waals surface area contributed by atoms with Crippen LogP contribution >= 0.6 is 11.6 Å². The summed E-state index contributed by atoms with van der Waals surface area (Å²) in [5, 5.41) is 5.93. The minimum absolute atomic E-state index is 0.0654. The van der Waals surface area contributed by atoms with Crippen LogP contribution in [0.25, 0.3) is 0 Å². The van der Waals surface area contributed by atoms with Crippen LogP contribution in [0.3, 0.4) is 0 Å². The van der Waals surface area contributed by atoms with Gasteiger partial charge < -0.3 is 15.4 Å². The molecule has 0 saturated carbocycles. The number of amides is 2. The molecule has 0 radical (unpaired) electrons. The number of carbonyl (C=O) groups is 2. The summed E-state index contributed by atoms with van der Waals surface area (Å²) in [6.07, 6.45) is 0.598. The minimum Gasteiger partial charge on any atom is -0.497 e. The highest BCUT2D eigenvalue weighted by molar-refractivity contribution is 6.31. The Morgan fingerprint density at radius 2 is 1.83 bits per heavy atom. The summed E-state index contributed by atoms with van der Waals surface area (Å²) in [5.74, 6) is 0.171. The van der Waals surface area contributed by atoms with Crippen LogP contribution in [-0.4, -0.2) is 32.0 Å². The minimum atomic E-state index is -0.274. The predicted molar refractivity (Wildman–Crippen MR) is 93.5 cm³/mol. The van der Waals surface area contributed by atoms with Gasteiger partial charge in [0.05, 0.1) is 13.7 Å². The molecule has 0 atom stereocenters. The number of carbonyl (C=O) groups excluding carboxylic acids is 2. The van der Waals surface area contributed by atoms with Crippen molar-refractivity contribution in [2.24, 2.45) is 0 Å². The third kappa shape index (κ3) is 5.28. The van der Waals surface area contributed by atoms with Gasteiger partial charge in [-0.1, -0.05) is 35.9 Å². The Kier molecular flexibility index (Phi) is 6.63. The van der Waals surface area contributed by atoms with E-state index in [-0.39, 0.29) is 18.4 Å². The van der Waals surface area contributed by atoms with Crippen LogP contribution in [0.4, 0.5) is 0 Å². The molecule has 0 bridgehead atoms. The van der Waals surface area contributed by atoms with Crippen molar-refractivity contribution in [1.29, 1.82) is 0 Å². The van der Waals surface area contributed by atoms with E-state index >= 15 is 0 Å². The number of rotatable bonds is 7. The zero-order chi connectivity index (χ0) is 17.4. The van der Waals surface area contributed by atoms with Gasteiger partial charge in [-0.05, 0) is 36.2 Å². The highest BCUT2D eigenvalue weighted by atomic mass is 35.5. The Balaban J connectivity index is 1.73. The van der Waals surface area contributed by atoms with Crippen LogP contribution in [0.15, 0.2) is 48.5 Å². The lowest BCUT2D eigenvalue weighted by Crippen LogP contribution is -2.37. The van der Waals surface area contributed by atoms with Crippen molar-refractivity contribution < 1.29 is 14.3 Å². The fraction of sp³-hybridized carbons (Fsp3) is 0.222. The number of benzene rings is 2. The molecule has 2 N–H and O–H groups in total. The molecule has 0 unspecified atom stereocenters. The standard InChI is InChI=1S/C18H19ClN2O3/c1-24-15-8-7-13(16(19)11-15)9-10-20-17(22)12-21-18(23)14-5-3-2-4-6-14/h2-8,11H,9-10,12H2,1H3,(H,20,22)(H,21,23). The van der Waals surface area contributed by atoms with Crippen LogP contribution in [0, 0.1) is 0 Å². The van der Waals surface area contributed by atoms with Crippen molar-refractivity contribution >= 4 is 23.4 Å². The first-order chi connectivity index (χ1) is 11.6. The average molecular weight is 347 g/mol. The molecule has 5 nitrogen and oxygen atoms in total. The topological polar surface area (TPSA) is 67.4 Å². The average Bonchev–Trinajstić information content (AvgIpc) is 2.61. The van der Waals surface area contributed by atoms with Crippen molar-refractivity contribution in [2.45, 2.75) is 6.42 Å². The third-order valence-corrected chi connectivity index (χ3v) is 3.77. The molecule has 2 rings (SSSR count). The zero-order valence-electron chi connectivity index (χ0n) is 13.3. The maximum absolute atomic E-state index is 11.8. The number of hydrogen-bond donors (Lipinski definition) is 2. The van der Waals surface area contributed by atoms with Gasteiger partial charge in [0.25, 0.3) is 5.91 Å². The van der Waals surface area contributed by atoms with Gasteiger partial charge in [0.2, 0.25) is 5.91 Å². The van der Waals surface area contributed by atoms with E-state index in [9.17, 15) is 9.59 Å². The molecule has 0 heterocycles. The van der Waals surface area contributed by atoms with Gasteiger partial charge in [-0.15, -0.1) is 0 Å². The number of nitrogens with one attached hydrogen (secondary N) is 2. The second-order valence-electron chi connectivity index (χ2n) is 5.11. The van der Waals surface area contributed by atoms with Gasteiger partial charge in [-0.2, -0.15) is 0 Å². The lowest BCUT2D eigenvalue weighted by Gasteiger charge is -2.09. The Morgan fingerprint density at radius 3 is 2.50 bits per heavy atom. The molecular weight excluding hydrogens is 328 g/mol. The summed E-state index contributed by atoms with van der Waals surface area (Å²) in [4.78, 5) is 23.6. The Labute approximate surface area is 146 Å². The number of ether oxygens (including phenoxy) is 1. The van der Waals surface area contributed by atoms with Crippen LogP contribution in [0.1, 0.15) is 15.9 Å². The first-order valence-corrected chi connectivity index (χ1v) is 7.90. The second kappa shape index (κ2) is 8.93. The summed E-state index contributed by atoms with van der Waals surface area (Å²) in [6.45, 7) is 0.371. The molecule has 6 heteroatoms. The molecule has 126 valence electrons. The van der Waals surface area contributed by atoms with Gasteiger partial charge in [-0.25, -0.2) is 0 Å². The Morgan fingerprint density at radius 1 is 1.08 bits per heavy atom. The van der Waals surface area contributed by atoms with Gasteiger partial charge in [0.1, 0.15) is 5.75 Å². The molecule has 0 aliphatic rings. The van der Waals surface area contributed by atoms with Crippen molar-refractivity contribution in [3.63, 3.8) is 0 Å². The largest absolute Gasteiger partial charge is 0.497 e. The molecule has 2 aromatic carbocycles.